The molecule has 0 bridgehead atoms. The lowest BCUT2D eigenvalue weighted by molar-refractivity contribution is 0.305. The predicted octanol–water partition coefficient (Wildman–Crippen LogP) is 3.45. The number of aryl methyl sites for hydroxylation is 1. The van der Waals surface area contributed by atoms with Crippen LogP contribution in [0.4, 0.5) is 4.39 Å². The largest absolute Gasteiger partial charge is 0.489 e. The van der Waals surface area contributed by atoms with E-state index in [0.717, 1.165) is 16.9 Å². The van der Waals surface area contributed by atoms with Crippen molar-refractivity contribution in [1.82, 2.24) is 0 Å². The Morgan fingerprint density at radius 1 is 1.19 bits per heavy atom. The molecule has 0 amide bonds. The Bertz CT molecular complexity index is 668. The molecule has 2 aromatic rings. The first-order valence-corrected chi connectivity index (χ1v) is 6.76. The van der Waals surface area contributed by atoms with Crippen molar-refractivity contribution in [3.63, 3.8) is 0 Å². The molecule has 2 nitrogen and oxygen atoms in total. The number of hydrogen-bond acceptors (Lipinski definition) is 2. The van der Waals surface area contributed by atoms with Crippen molar-refractivity contribution < 1.29 is 14.2 Å². The minimum absolute atomic E-state index is 0.00254. The lowest BCUT2D eigenvalue weighted by atomic mass is 10.1. The van der Waals surface area contributed by atoms with Crippen LogP contribution in [-0.2, 0) is 6.61 Å². The third-order valence-electron chi connectivity index (χ3n) is 2.92. The van der Waals surface area contributed by atoms with E-state index in [0.29, 0.717) is 18.6 Å². The monoisotopic (exact) mass is 284 g/mol. The number of aliphatic hydroxyl groups is 1. The Morgan fingerprint density at radius 3 is 2.81 bits per heavy atom. The van der Waals surface area contributed by atoms with Crippen molar-refractivity contribution in [2.75, 3.05) is 6.61 Å². The summed E-state index contributed by atoms with van der Waals surface area (Å²) in [6.45, 7) is 2.32. The molecule has 1 N–H and O–H groups in total. The van der Waals surface area contributed by atoms with Crippen LogP contribution in [0.25, 0.3) is 0 Å². The molecule has 0 radical (unpaired) electrons. The number of rotatable bonds is 4. The van der Waals surface area contributed by atoms with Crippen LogP contribution in [0.3, 0.4) is 0 Å². The molecule has 0 aliphatic carbocycles. The molecule has 0 unspecified atom stereocenters. The maximum absolute atomic E-state index is 13.3. The molecule has 0 aliphatic heterocycles. The van der Waals surface area contributed by atoms with Gasteiger partial charge in [-0.25, -0.2) is 4.39 Å². The molecule has 0 saturated heterocycles. The fourth-order valence-electron chi connectivity index (χ4n) is 1.87. The van der Waals surface area contributed by atoms with Crippen molar-refractivity contribution in [3.8, 4) is 17.6 Å². The second-order valence-electron chi connectivity index (χ2n) is 4.68. The molecule has 3 heteroatoms. The fourth-order valence-corrected chi connectivity index (χ4v) is 1.87. The Hall–Kier alpha value is -2.31. The third-order valence-corrected chi connectivity index (χ3v) is 2.92. The van der Waals surface area contributed by atoms with E-state index in [1.54, 1.807) is 6.07 Å². The zero-order chi connectivity index (χ0) is 15.1. The van der Waals surface area contributed by atoms with Crippen LogP contribution in [-0.4, -0.2) is 11.7 Å². The summed E-state index contributed by atoms with van der Waals surface area (Å²) in [5.41, 5.74) is 2.54. The molecule has 2 rings (SSSR count). The molecule has 0 fully saturated rings. The van der Waals surface area contributed by atoms with Crippen molar-refractivity contribution in [2.24, 2.45) is 0 Å². The number of halogens is 1. The highest BCUT2D eigenvalue weighted by Gasteiger charge is 2.03. The summed E-state index contributed by atoms with van der Waals surface area (Å²) in [7, 11) is 0. The molecule has 0 heterocycles. The van der Waals surface area contributed by atoms with E-state index in [2.05, 4.69) is 11.8 Å². The minimum atomic E-state index is -0.331. The second kappa shape index (κ2) is 7.47. The highest BCUT2D eigenvalue weighted by molar-refractivity contribution is 5.41. The normalized spacial score (nSPS) is 9.86. The van der Waals surface area contributed by atoms with Gasteiger partial charge in [0.1, 0.15) is 18.2 Å². The van der Waals surface area contributed by atoms with Crippen LogP contribution in [0.2, 0.25) is 0 Å². The van der Waals surface area contributed by atoms with Crippen LogP contribution < -0.4 is 4.74 Å². The lowest BCUT2D eigenvalue weighted by Gasteiger charge is -2.09. The van der Waals surface area contributed by atoms with Crippen LogP contribution in [0, 0.1) is 24.6 Å². The van der Waals surface area contributed by atoms with Crippen molar-refractivity contribution in [1.29, 1.82) is 0 Å². The first kappa shape index (κ1) is 15.1. The van der Waals surface area contributed by atoms with E-state index in [1.807, 2.05) is 31.2 Å². The van der Waals surface area contributed by atoms with Crippen LogP contribution in [0.5, 0.6) is 5.75 Å². The highest BCUT2D eigenvalue weighted by Crippen LogP contribution is 2.17. The van der Waals surface area contributed by atoms with Gasteiger partial charge in [-0.15, -0.1) is 0 Å². The van der Waals surface area contributed by atoms with Crippen LogP contribution in [0.1, 0.15) is 23.1 Å². The summed E-state index contributed by atoms with van der Waals surface area (Å²) in [5.74, 6) is 6.12. The summed E-state index contributed by atoms with van der Waals surface area (Å²) in [4.78, 5) is 0. The molecule has 0 atom stereocenters. The summed E-state index contributed by atoms with van der Waals surface area (Å²) in [5, 5.41) is 8.74. The average molecular weight is 284 g/mol. The number of ether oxygens (including phenoxy) is 1. The Morgan fingerprint density at radius 2 is 2.05 bits per heavy atom. The van der Waals surface area contributed by atoms with Gasteiger partial charge in [0.2, 0.25) is 0 Å². The van der Waals surface area contributed by atoms with Crippen LogP contribution in [0.15, 0.2) is 42.5 Å². The summed E-state index contributed by atoms with van der Waals surface area (Å²) in [6, 6.07) is 12.2. The van der Waals surface area contributed by atoms with Gasteiger partial charge in [-0.1, -0.05) is 30.0 Å². The third kappa shape index (κ3) is 4.62. The zero-order valence-corrected chi connectivity index (χ0v) is 11.9. The Labute approximate surface area is 124 Å². The van der Waals surface area contributed by atoms with Gasteiger partial charge in [0, 0.05) is 17.5 Å². The van der Waals surface area contributed by atoms with E-state index in [-0.39, 0.29) is 12.4 Å². The predicted molar refractivity (Wildman–Crippen MR) is 80.5 cm³/mol. The van der Waals surface area contributed by atoms with E-state index in [1.165, 1.54) is 12.1 Å². The summed E-state index contributed by atoms with van der Waals surface area (Å²) in [6.07, 6.45) is 0.370. The van der Waals surface area contributed by atoms with Gasteiger partial charge in [-0.3, -0.25) is 0 Å². The average Bonchev–Trinajstić information content (AvgIpc) is 2.47. The lowest BCUT2D eigenvalue weighted by Crippen LogP contribution is -1.99. The molecule has 2 aromatic carbocycles. The SMILES string of the molecule is Cc1cccc(OCc2ccc(F)cc2C#CCCO)c1. The van der Waals surface area contributed by atoms with Gasteiger partial charge in [-0.05, 0) is 36.8 Å². The minimum Gasteiger partial charge on any atom is -0.489 e. The van der Waals surface area contributed by atoms with Gasteiger partial charge >= 0.3 is 0 Å². The molecule has 0 saturated carbocycles. The van der Waals surface area contributed by atoms with Crippen molar-refractivity contribution in [3.05, 3.63) is 65.0 Å². The first-order valence-electron chi connectivity index (χ1n) is 6.76. The molecule has 21 heavy (non-hydrogen) atoms. The second-order valence-corrected chi connectivity index (χ2v) is 4.68. The van der Waals surface area contributed by atoms with Gasteiger partial charge in [0.05, 0.1) is 6.61 Å². The number of hydrogen-bond donors (Lipinski definition) is 1. The molecule has 0 aliphatic rings. The fraction of sp³-hybridized carbons (Fsp3) is 0.222. The van der Waals surface area contributed by atoms with Gasteiger partial charge in [0.25, 0.3) is 0 Å². The standard InChI is InChI=1S/C18H17FO2/c1-14-5-4-7-18(11-14)21-13-16-8-9-17(19)12-15(16)6-2-3-10-20/h4-5,7-9,11-12,20H,3,10,13H2,1H3. The maximum atomic E-state index is 13.3. The maximum Gasteiger partial charge on any atom is 0.124 e. The Kier molecular flexibility index (Phi) is 5.36. The Balaban J connectivity index is 2.14. The molecule has 0 aromatic heterocycles. The van der Waals surface area contributed by atoms with Crippen molar-refractivity contribution in [2.45, 2.75) is 20.0 Å². The van der Waals surface area contributed by atoms with E-state index >= 15 is 0 Å². The molecular weight excluding hydrogens is 267 g/mol. The van der Waals surface area contributed by atoms with Gasteiger partial charge in [-0.2, -0.15) is 0 Å². The quantitative estimate of drug-likeness (QED) is 0.871. The van der Waals surface area contributed by atoms with Crippen LogP contribution >= 0.6 is 0 Å². The summed E-state index contributed by atoms with van der Waals surface area (Å²) >= 11 is 0. The smallest absolute Gasteiger partial charge is 0.124 e. The zero-order valence-electron chi connectivity index (χ0n) is 11.9. The van der Waals surface area contributed by atoms with E-state index in [4.69, 9.17) is 9.84 Å². The van der Waals surface area contributed by atoms with Crippen molar-refractivity contribution >= 4 is 0 Å². The van der Waals surface area contributed by atoms with E-state index in [9.17, 15) is 4.39 Å². The highest BCUT2D eigenvalue weighted by atomic mass is 19.1. The van der Waals surface area contributed by atoms with Gasteiger partial charge in [0.15, 0.2) is 0 Å². The number of benzene rings is 2. The number of aliphatic hydroxyl groups excluding tert-OH is 1. The van der Waals surface area contributed by atoms with E-state index < -0.39 is 0 Å². The molecular formula is C18H17FO2. The molecule has 108 valence electrons. The molecule has 0 spiro atoms. The first-order chi connectivity index (χ1) is 10.2. The topological polar surface area (TPSA) is 29.5 Å². The summed E-state index contributed by atoms with van der Waals surface area (Å²) < 4.78 is 19.0. The van der Waals surface area contributed by atoms with Gasteiger partial charge < -0.3 is 9.84 Å².